The summed E-state index contributed by atoms with van der Waals surface area (Å²) in [6.07, 6.45) is 3.69. The van der Waals surface area contributed by atoms with Gasteiger partial charge >= 0.3 is 0 Å². The van der Waals surface area contributed by atoms with Crippen LogP contribution >= 0.6 is 22.9 Å². The average molecular weight is 254 g/mol. The SMILES string of the molecule is CCc1nnsc1C(Cc1nccs1)NC. The molecule has 0 saturated heterocycles. The van der Waals surface area contributed by atoms with Crippen LogP contribution in [0.25, 0.3) is 0 Å². The van der Waals surface area contributed by atoms with Crippen LogP contribution < -0.4 is 5.32 Å². The summed E-state index contributed by atoms with van der Waals surface area (Å²) in [5.41, 5.74) is 1.10. The van der Waals surface area contributed by atoms with Crippen molar-refractivity contribution < 1.29 is 0 Å². The van der Waals surface area contributed by atoms with Gasteiger partial charge in [-0.15, -0.1) is 16.4 Å². The second kappa shape index (κ2) is 5.47. The van der Waals surface area contributed by atoms with Crippen LogP contribution in [-0.2, 0) is 12.8 Å². The van der Waals surface area contributed by atoms with E-state index in [0.29, 0.717) is 0 Å². The van der Waals surface area contributed by atoms with Crippen LogP contribution in [0.5, 0.6) is 0 Å². The van der Waals surface area contributed by atoms with Crippen molar-refractivity contribution in [2.24, 2.45) is 0 Å². The topological polar surface area (TPSA) is 50.7 Å². The molecule has 0 aliphatic rings. The molecule has 1 N–H and O–H groups in total. The summed E-state index contributed by atoms with van der Waals surface area (Å²) in [4.78, 5) is 5.55. The predicted molar refractivity (Wildman–Crippen MR) is 66.9 cm³/mol. The summed E-state index contributed by atoms with van der Waals surface area (Å²) >= 11 is 3.17. The molecule has 2 rings (SSSR count). The zero-order valence-corrected chi connectivity index (χ0v) is 10.9. The molecule has 86 valence electrons. The third kappa shape index (κ3) is 2.45. The van der Waals surface area contributed by atoms with E-state index in [1.807, 2.05) is 18.6 Å². The standard InChI is InChI=1S/C10H14N4S2/c1-3-7-10(16-14-13-7)8(11-2)6-9-12-4-5-15-9/h4-5,8,11H,3,6H2,1-2H3. The van der Waals surface area contributed by atoms with Crippen molar-refractivity contribution in [2.45, 2.75) is 25.8 Å². The van der Waals surface area contributed by atoms with Crippen molar-refractivity contribution in [1.82, 2.24) is 19.9 Å². The van der Waals surface area contributed by atoms with Gasteiger partial charge in [-0.1, -0.05) is 11.4 Å². The van der Waals surface area contributed by atoms with Crippen molar-refractivity contribution in [2.75, 3.05) is 7.05 Å². The lowest BCUT2D eigenvalue weighted by Gasteiger charge is -2.13. The van der Waals surface area contributed by atoms with Gasteiger partial charge in [0.1, 0.15) is 0 Å². The van der Waals surface area contributed by atoms with Crippen LogP contribution in [0.3, 0.4) is 0 Å². The number of nitrogens with one attached hydrogen (secondary N) is 1. The fourth-order valence-corrected chi connectivity index (χ4v) is 3.09. The minimum Gasteiger partial charge on any atom is -0.312 e. The Bertz CT molecular complexity index is 424. The van der Waals surface area contributed by atoms with Crippen molar-refractivity contribution in [3.63, 3.8) is 0 Å². The van der Waals surface area contributed by atoms with Gasteiger partial charge in [-0.25, -0.2) is 4.98 Å². The summed E-state index contributed by atoms with van der Waals surface area (Å²) in [7, 11) is 1.97. The second-order valence-corrected chi connectivity index (χ2v) is 5.17. The van der Waals surface area contributed by atoms with Gasteiger partial charge < -0.3 is 5.32 Å². The normalized spacial score (nSPS) is 12.9. The van der Waals surface area contributed by atoms with E-state index >= 15 is 0 Å². The first kappa shape index (κ1) is 11.6. The molecular formula is C10H14N4S2. The number of nitrogens with zero attached hydrogens (tertiary/aromatic N) is 3. The van der Waals surface area contributed by atoms with Gasteiger partial charge in [-0.05, 0) is 25.0 Å². The molecule has 1 unspecified atom stereocenters. The number of thiazole rings is 1. The summed E-state index contributed by atoms with van der Waals surface area (Å²) < 4.78 is 4.03. The molecule has 4 nitrogen and oxygen atoms in total. The van der Waals surface area contributed by atoms with Crippen LogP contribution in [0.15, 0.2) is 11.6 Å². The fourth-order valence-electron chi connectivity index (χ4n) is 1.58. The Morgan fingerprint density at radius 2 is 2.38 bits per heavy atom. The van der Waals surface area contributed by atoms with E-state index in [2.05, 4.69) is 26.8 Å². The largest absolute Gasteiger partial charge is 0.312 e. The molecule has 0 spiro atoms. The number of aryl methyl sites for hydroxylation is 1. The molecule has 0 radical (unpaired) electrons. The summed E-state index contributed by atoms with van der Waals surface area (Å²) in [6, 6.07) is 0.279. The fraction of sp³-hybridized carbons (Fsp3) is 0.500. The third-order valence-electron chi connectivity index (χ3n) is 2.45. The minimum absolute atomic E-state index is 0.279. The van der Waals surface area contributed by atoms with Gasteiger partial charge in [-0.2, -0.15) is 0 Å². The van der Waals surface area contributed by atoms with Gasteiger partial charge in [0.2, 0.25) is 0 Å². The molecule has 0 amide bonds. The molecular weight excluding hydrogens is 240 g/mol. The second-order valence-electron chi connectivity index (χ2n) is 3.41. The van der Waals surface area contributed by atoms with E-state index in [9.17, 15) is 0 Å². The van der Waals surface area contributed by atoms with Crippen molar-refractivity contribution >= 4 is 22.9 Å². The predicted octanol–water partition coefficient (Wildman–Crippen LogP) is 2.06. The van der Waals surface area contributed by atoms with Crippen molar-refractivity contribution in [3.8, 4) is 0 Å². The molecule has 2 aromatic rings. The van der Waals surface area contributed by atoms with Crippen molar-refractivity contribution in [1.29, 1.82) is 0 Å². The highest BCUT2D eigenvalue weighted by Gasteiger charge is 2.18. The summed E-state index contributed by atoms with van der Waals surface area (Å²) in [5, 5.41) is 10.6. The lowest BCUT2D eigenvalue weighted by Crippen LogP contribution is -2.19. The number of rotatable bonds is 5. The van der Waals surface area contributed by atoms with Crippen LogP contribution in [0, 0.1) is 0 Å². The molecule has 16 heavy (non-hydrogen) atoms. The van der Waals surface area contributed by atoms with E-state index in [0.717, 1.165) is 23.5 Å². The maximum absolute atomic E-state index is 4.31. The number of hydrogen-bond acceptors (Lipinski definition) is 6. The zero-order valence-electron chi connectivity index (χ0n) is 9.30. The first-order chi connectivity index (χ1) is 7.85. The highest BCUT2D eigenvalue weighted by atomic mass is 32.1. The summed E-state index contributed by atoms with van der Waals surface area (Å²) in [5.74, 6) is 0. The smallest absolute Gasteiger partial charge is 0.0944 e. The van der Waals surface area contributed by atoms with Crippen LogP contribution in [-0.4, -0.2) is 21.6 Å². The summed E-state index contributed by atoms with van der Waals surface area (Å²) in [6.45, 7) is 2.11. The van der Waals surface area contributed by atoms with E-state index in [-0.39, 0.29) is 6.04 Å². The monoisotopic (exact) mass is 254 g/mol. The van der Waals surface area contributed by atoms with Gasteiger partial charge in [0.15, 0.2) is 0 Å². The Balaban J connectivity index is 2.16. The Hall–Kier alpha value is -0.850. The minimum atomic E-state index is 0.279. The zero-order chi connectivity index (χ0) is 11.4. The molecule has 0 bridgehead atoms. The molecule has 2 heterocycles. The Labute approximate surface area is 103 Å². The van der Waals surface area contributed by atoms with Crippen LogP contribution in [0.1, 0.15) is 28.5 Å². The van der Waals surface area contributed by atoms with Gasteiger partial charge in [-0.3, -0.25) is 0 Å². The number of likely N-dealkylation sites (N-methyl/N-ethyl adjacent to an activating group) is 1. The Kier molecular flexibility index (Phi) is 3.98. The van der Waals surface area contributed by atoms with E-state index < -0.39 is 0 Å². The molecule has 0 aliphatic carbocycles. The molecule has 0 aromatic carbocycles. The molecule has 0 aliphatic heterocycles. The quantitative estimate of drug-likeness (QED) is 0.887. The third-order valence-corrected chi connectivity index (χ3v) is 4.13. The Morgan fingerprint density at radius 3 is 3.00 bits per heavy atom. The van der Waals surface area contributed by atoms with E-state index in [1.165, 1.54) is 16.4 Å². The van der Waals surface area contributed by atoms with Gasteiger partial charge in [0, 0.05) is 18.0 Å². The maximum Gasteiger partial charge on any atom is 0.0944 e. The number of hydrogen-bond donors (Lipinski definition) is 1. The lowest BCUT2D eigenvalue weighted by atomic mass is 10.1. The van der Waals surface area contributed by atoms with Crippen LogP contribution in [0.2, 0.25) is 0 Å². The molecule has 0 fully saturated rings. The van der Waals surface area contributed by atoms with E-state index in [1.54, 1.807) is 11.3 Å². The van der Waals surface area contributed by atoms with Gasteiger partial charge in [0.25, 0.3) is 0 Å². The number of aromatic nitrogens is 3. The average Bonchev–Trinajstić information content (AvgIpc) is 2.96. The van der Waals surface area contributed by atoms with E-state index in [4.69, 9.17) is 0 Å². The van der Waals surface area contributed by atoms with Crippen molar-refractivity contribution in [3.05, 3.63) is 27.2 Å². The molecule has 2 aromatic heterocycles. The lowest BCUT2D eigenvalue weighted by molar-refractivity contribution is 0.593. The Morgan fingerprint density at radius 1 is 1.50 bits per heavy atom. The molecule has 1 atom stereocenters. The molecule has 6 heteroatoms. The maximum atomic E-state index is 4.31. The highest BCUT2D eigenvalue weighted by Crippen LogP contribution is 2.24. The van der Waals surface area contributed by atoms with Gasteiger partial charge in [0.05, 0.1) is 21.6 Å². The van der Waals surface area contributed by atoms with Crippen LogP contribution in [0.4, 0.5) is 0 Å². The molecule has 0 saturated carbocycles. The first-order valence-electron chi connectivity index (χ1n) is 5.22. The highest BCUT2D eigenvalue weighted by molar-refractivity contribution is 7.09. The first-order valence-corrected chi connectivity index (χ1v) is 6.87.